The van der Waals surface area contributed by atoms with E-state index < -0.39 is 0 Å². The number of fused-ring (bicyclic) bond motifs is 2. The molecule has 1 N–H and O–H groups in total. The molecular formula is C23H16N2O2. The maximum Gasteiger partial charge on any atom is 0.268 e. The third-order valence-electron chi connectivity index (χ3n) is 4.99. The van der Waals surface area contributed by atoms with Crippen LogP contribution in [0.3, 0.4) is 0 Å². The number of allylic oxidation sites excluding steroid dienone is 4. The van der Waals surface area contributed by atoms with Crippen LogP contribution in [0.4, 0.5) is 0 Å². The number of aromatic amines is 1. The molecule has 0 radical (unpaired) electrons. The van der Waals surface area contributed by atoms with Crippen molar-refractivity contribution in [1.29, 1.82) is 0 Å². The van der Waals surface area contributed by atoms with E-state index in [1.807, 2.05) is 79.7 Å². The Hall–Kier alpha value is -3.66. The zero-order valence-corrected chi connectivity index (χ0v) is 14.7. The van der Waals surface area contributed by atoms with Crippen LogP contribution in [0.2, 0.25) is 0 Å². The molecule has 2 heterocycles. The Morgan fingerprint density at radius 1 is 0.926 bits per heavy atom. The number of nitrogens with zero attached hydrogens (tertiary/aromatic N) is 1. The number of aromatic nitrogens is 2. The van der Waals surface area contributed by atoms with Crippen LogP contribution in [0.25, 0.3) is 33.1 Å². The maximum atomic E-state index is 13.4. The fourth-order valence-corrected chi connectivity index (χ4v) is 3.57. The fourth-order valence-electron chi connectivity index (χ4n) is 3.57. The number of hydrogen-bond acceptors (Lipinski definition) is 2. The average Bonchev–Trinajstić information content (AvgIpc) is 2.62. The van der Waals surface area contributed by atoms with E-state index in [2.05, 4.69) is 4.98 Å². The smallest absolute Gasteiger partial charge is 0.268 e. The lowest BCUT2D eigenvalue weighted by molar-refractivity contribution is 0.982. The maximum absolute atomic E-state index is 13.4. The van der Waals surface area contributed by atoms with E-state index in [-0.39, 0.29) is 16.4 Å². The molecule has 130 valence electrons. The van der Waals surface area contributed by atoms with Crippen LogP contribution < -0.4 is 11.0 Å². The largest absolute Gasteiger partial charge is 0.354 e. The Labute approximate surface area is 154 Å². The SMILES string of the molecule is Cc1ccc2[nH]c3cc(C4=CC=C4)n(-c4ccccc4)c(=O)c3c(=O)c2c1. The van der Waals surface area contributed by atoms with Crippen molar-refractivity contribution in [3.63, 3.8) is 0 Å². The van der Waals surface area contributed by atoms with Gasteiger partial charge in [0.25, 0.3) is 5.56 Å². The number of aryl methyl sites for hydroxylation is 1. The Balaban J connectivity index is 1.97. The number of para-hydroxylation sites is 1. The van der Waals surface area contributed by atoms with Crippen molar-refractivity contribution in [2.24, 2.45) is 0 Å². The first-order valence-electron chi connectivity index (χ1n) is 8.80. The highest BCUT2D eigenvalue weighted by Crippen LogP contribution is 2.26. The predicted octanol–water partition coefficient (Wildman–Crippen LogP) is 4.09. The number of rotatable bonds is 2. The second-order valence-electron chi connectivity index (χ2n) is 6.78. The second-order valence-corrected chi connectivity index (χ2v) is 6.78. The topological polar surface area (TPSA) is 54.9 Å². The van der Waals surface area contributed by atoms with Crippen LogP contribution in [0.1, 0.15) is 11.3 Å². The summed E-state index contributed by atoms with van der Waals surface area (Å²) in [6, 6.07) is 17.0. The molecule has 4 aromatic rings. The van der Waals surface area contributed by atoms with Crippen molar-refractivity contribution in [2.45, 2.75) is 6.92 Å². The quantitative estimate of drug-likeness (QED) is 0.552. The Morgan fingerprint density at radius 3 is 2.41 bits per heavy atom. The number of hydrogen-bond donors (Lipinski definition) is 1. The zero-order valence-electron chi connectivity index (χ0n) is 14.7. The molecule has 4 heteroatoms. The Morgan fingerprint density at radius 2 is 1.70 bits per heavy atom. The van der Waals surface area contributed by atoms with E-state index in [0.29, 0.717) is 10.9 Å². The minimum atomic E-state index is -0.306. The van der Waals surface area contributed by atoms with Crippen molar-refractivity contribution in [1.82, 2.24) is 9.55 Å². The van der Waals surface area contributed by atoms with Crippen LogP contribution in [-0.2, 0) is 0 Å². The van der Waals surface area contributed by atoms with Gasteiger partial charge in [0.1, 0.15) is 5.39 Å². The highest BCUT2D eigenvalue weighted by atomic mass is 16.1. The van der Waals surface area contributed by atoms with Gasteiger partial charge in [-0.3, -0.25) is 14.2 Å². The number of benzene rings is 2. The Bertz CT molecular complexity index is 1400. The molecule has 2 aromatic heterocycles. The minimum absolute atomic E-state index is 0.185. The van der Waals surface area contributed by atoms with Crippen LogP contribution in [0.5, 0.6) is 0 Å². The summed E-state index contributed by atoms with van der Waals surface area (Å²) in [5.41, 5.74) is 4.21. The first kappa shape index (κ1) is 15.6. The molecule has 2 aromatic carbocycles. The molecule has 0 saturated carbocycles. The van der Waals surface area contributed by atoms with Crippen molar-refractivity contribution < 1.29 is 0 Å². The lowest BCUT2D eigenvalue weighted by Gasteiger charge is -2.17. The molecule has 4 nitrogen and oxygen atoms in total. The van der Waals surface area contributed by atoms with Crippen LogP contribution >= 0.6 is 0 Å². The third-order valence-corrected chi connectivity index (χ3v) is 4.99. The van der Waals surface area contributed by atoms with Crippen LogP contribution in [0.15, 0.2) is 82.4 Å². The van der Waals surface area contributed by atoms with Gasteiger partial charge in [0.15, 0.2) is 0 Å². The third kappa shape index (κ3) is 2.30. The fraction of sp³-hybridized carbons (Fsp3) is 0.0435. The zero-order chi connectivity index (χ0) is 18.5. The normalized spacial score (nSPS) is 13.0. The standard InChI is InChI=1S/C23H16N2O2/c1-14-10-11-18-17(12-14)22(26)21-19(24-18)13-20(15-6-5-7-15)25(23(21)27)16-8-3-2-4-9-16/h2-13H,1H3,(H,24,26). The van der Waals surface area contributed by atoms with E-state index in [4.69, 9.17) is 0 Å². The van der Waals surface area contributed by atoms with Crippen molar-refractivity contribution in [3.8, 4) is 5.69 Å². The van der Waals surface area contributed by atoms with Crippen molar-refractivity contribution >= 4 is 27.4 Å². The predicted molar refractivity (Wildman–Crippen MR) is 110 cm³/mol. The molecule has 0 amide bonds. The summed E-state index contributed by atoms with van der Waals surface area (Å²) in [5.74, 6) is 0. The Kier molecular flexibility index (Phi) is 3.28. The van der Waals surface area contributed by atoms with E-state index in [0.717, 1.165) is 28.0 Å². The molecule has 0 spiro atoms. The van der Waals surface area contributed by atoms with Crippen LogP contribution in [-0.4, -0.2) is 9.55 Å². The van der Waals surface area contributed by atoms with Gasteiger partial charge in [-0.2, -0.15) is 0 Å². The molecule has 1 aliphatic rings. The van der Waals surface area contributed by atoms with Gasteiger partial charge in [0.2, 0.25) is 5.43 Å². The van der Waals surface area contributed by atoms with Gasteiger partial charge in [0.05, 0.1) is 11.2 Å². The van der Waals surface area contributed by atoms with Gasteiger partial charge in [-0.1, -0.05) is 48.1 Å². The lowest BCUT2D eigenvalue weighted by Crippen LogP contribution is -2.26. The highest BCUT2D eigenvalue weighted by Gasteiger charge is 2.18. The monoisotopic (exact) mass is 352 g/mol. The second kappa shape index (κ2) is 5.68. The molecule has 5 rings (SSSR count). The van der Waals surface area contributed by atoms with Gasteiger partial charge >= 0.3 is 0 Å². The van der Waals surface area contributed by atoms with E-state index >= 15 is 0 Å². The van der Waals surface area contributed by atoms with E-state index in [1.165, 1.54) is 0 Å². The average molecular weight is 352 g/mol. The number of nitrogens with one attached hydrogen (secondary N) is 1. The molecule has 0 bridgehead atoms. The summed E-state index contributed by atoms with van der Waals surface area (Å²) in [6.45, 7) is 1.93. The summed E-state index contributed by atoms with van der Waals surface area (Å²) < 4.78 is 1.62. The molecular weight excluding hydrogens is 336 g/mol. The van der Waals surface area contributed by atoms with Gasteiger partial charge < -0.3 is 4.98 Å². The van der Waals surface area contributed by atoms with Gasteiger partial charge in [-0.25, -0.2) is 0 Å². The molecule has 0 unspecified atom stereocenters. The van der Waals surface area contributed by atoms with Gasteiger partial charge in [-0.05, 0) is 42.8 Å². The highest BCUT2D eigenvalue weighted by molar-refractivity contribution is 5.94. The number of pyridine rings is 2. The molecule has 1 aliphatic carbocycles. The van der Waals surface area contributed by atoms with Crippen molar-refractivity contribution in [2.75, 3.05) is 0 Å². The van der Waals surface area contributed by atoms with Crippen LogP contribution in [0, 0.1) is 6.92 Å². The molecule has 0 fully saturated rings. The number of H-pyrrole nitrogens is 1. The summed E-state index contributed by atoms with van der Waals surface area (Å²) in [4.78, 5) is 29.9. The molecule has 0 saturated heterocycles. The van der Waals surface area contributed by atoms with E-state index in [9.17, 15) is 9.59 Å². The molecule has 0 aliphatic heterocycles. The minimum Gasteiger partial charge on any atom is -0.354 e. The van der Waals surface area contributed by atoms with Gasteiger partial charge in [-0.15, -0.1) is 0 Å². The first-order valence-corrected chi connectivity index (χ1v) is 8.80. The summed E-state index contributed by atoms with van der Waals surface area (Å²) in [5, 5.41) is 0.722. The summed E-state index contributed by atoms with van der Waals surface area (Å²) in [6.07, 6.45) is 5.86. The molecule has 27 heavy (non-hydrogen) atoms. The first-order chi connectivity index (χ1) is 13.1. The summed E-state index contributed by atoms with van der Waals surface area (Å²) in [7, 11) is 0. The summed E-state index contributed by atoms with van der Waals surface area (Å²) >= 11 is 0. The van der Waals surface area contributed by atoms with Gasteiger partial charge in [0, 0.05) is 16.6 Å². The van der Waals surface area contributed by atoms with Crippen molar-refractivity contribution in [3.05, 3.63) is 105 Å². The molecule has 0 atom stereocenters. The van der Waals surface area contributed by atoms with E-state index in [1.54, 1.807) is 4.57 Å². The lowest BCUT2D eigenvalue weighted by atomic mass is 10.0.